The van der Waals surface area contributed by atoms with Gasteiger partial charge >= 0.3 is 0 Å². The van der Waals surface area contributed by atoms with Gasteiger partial charge in [-0.2, -0.15) is 0 Å². The van der Waals surface area contributed by atoms with Gasteiger partial charge < -0.3 is 9.84 Å². The zero-order valence-electron chi connectivity index (χ0n) is 12.4. The zero-order chi connectivity index (χ0) is 13.9. The van der Waals surface area contributed by atoms with Crippen molar-refractivity contribution in [2.45, 2.75) is 53.2 Å². The minimum Gasteiger partial charge on any atom is -0.390 e. The van der Waals surface area contributed by atoms with Crippen LogP contribution >= 0.6 is 0 Å². The van der Waals surface area contributed by atoms with E-state index in [-0.39, 0.29) is 11.5 Å². The average Bonchev–Trinajstić information content (AvgIpc) is 2.13. The molecule has 0 aliphatic rings. The van der Waals surface area contributed by atoms with Crippen molar-refractivity contribution in [3.63, 3.8) is 0 Å². The first-order valence-corrected chi connectivity index (χ1v) is 6.52. The Balaban J connectivity index is 2.83. The largest absolute Gasteiger partial charge is 0.390 e. The van der Waals surface area contributed by atoms with Crippen molar-refractivity contribution in [1.82, 2.24) is 0 Å². The molecular formula is C16H26O2. The van der Waals surface area contributed by atoms with Crippen LogP contribution in [0.2, 0.25) is 0 Å². The number of methoxy groups -OCH3 is 1. The van der Waals surface area contributed by atoms with E-state index in [1.54, 1.807) is 7.11 Å². The zero-order valence-corrected chi connectivity index (χ0v) is 12.4. The highest BCUT2D eigenvalue weighted by Gasteiger charge is 2.31. The molecule has 1 aromatic carbocycles. The van der Waals surface area contributed by atoms with Crippen molar-refractivity contribution in [3.8, 4) is 0 Å². The Morgan fingerprint density at radius 3 is 2.00 bits per heavy atom. The number of hydrogen-bond donors (Lipinski definition) is 1. The fourth-order valence-electron chi connectivity index (χ4n) is 2.62. The molecule has 0 spiro atoms. The fourth-order valence-corrected chi connectivity index (χ4v) is 2.62. The number of hydrogen-bond acceptors (Lipinski definition) is 2. The lowest BCUT2D eigenvalue weighted by molar-refractivity contribution is -0.0699. The molecule has 18 heavy (non-hydrogen) atoms. The van der Waals surface area contributed by atoms with Gasteiger partial charge in [-0.15, -0.1) is 0 Å². The van der Waals surface area contributed by atoms with Crippen LogP contribution in [0.5, 0.6) is 0 Å². The van der Waals surface area contributed by atoms with E-state index in [4.69, 9.17) is 4.74 Å². The molecule has 0 saturated carbocycles. The average molecular weight is 250 g/mol. The van der Waals surface area contributed by atoms with Gasteiger partial charge in [0.1, 0.15) is 0 Å². The highest BCUT2D eigenvalue weighted by Crippen LogP contribution is 2.26. The second-order valence-electron chi connectivity index (χ2n) is 6.29. The van der Waals surface area contributed by atoms with Crippen LogP contribution < -0.4 is 0 Å². The summed E-state index contributed by atoms with van der Waals surface area (Å²) in [6.07, 6.45) is 0.00712. The molecule has 102 valence electrons. The topological polar surface area (TPSA) is 29.5 Å². The van der Waals surface area contributed by atoms with Gasteiger partial charge in [0.2, 0.25) is 0 Å². The van der Waals surface area contributed by atoms with Gasteiger partial charge in [-0.25, -0.2) is 0 Å². The first-order valence-electron chi connectivity index (χ1n) is 6.52. The van der Waals surface area contributed by atoms with Crippen LogP contribution in [0.3, 0.4) is 0 Å². The summed E-state index contributed by atoms with van der Waals surface area (Å²) in [7, 11) is 1.67. The summed E-state index contributed by atoms with van der Waals surface area (Å²) in [6, 6.07) is 6.41. The third kappa shape index (κ3) is 4.11. The fraction of sp³-hybridized carbons (Fsp3) is 0.625. The van der Waals surface area contributed by atoms with Crippen LogP contribution in [0, 0.1) is 19.3 Å². The van der Waals surface area contributed by atoms with E-state index in [2.05, 4.69) is 52.8 Å². The molecule has 2 atom stereocenters. The molecule has 0 bridgehead atoms. The summed E-state index contributed by atoms with van der Waals surface area (Å²) >= 11 is 0. The highest BCUT2D eigenvalue weighted by atomic mass is 16.5. The first kappa shape index (κ1) is 15.2. The van der Waals surface area contributed by atoms with Crippen molar-refractivity contribution in [2.24, 2.45) is 5.41 Å². The molecule has 0 heterocycles. The molecule has 1 rings (SSSR count). The van der Waals surface area contributed by atoms with Gasteiger partial charge in [-0.3, -0.25) is 0 Å². The predicted molar refractivity (Wildman–Crippen MR) is 75.9 cm³/mol. The second-order valence-corrected chi connectivity index (χ2v) is 6.29. The van der Waals surface area contributed by atoms with Crippen LogP contribution in [0.1, 0.15) is 37.5 Å². The molecule has 0 radical (unpaired) electrons. The second kappa shape index (κ2) is 5.85. The number of ether oxygens (including phenoxy) is 1. The molecule has 2 nitrogen and oxygen atoms in total. The summed E-state index contributed by atoms with van der Waals surface area (Å²) in [6.45, 7) is 10.4. The van der Waals surface area contributed by atoms with Gasteiger partial charge in [0.05, 0.1) is 12.2 Å². The molecule has 2 unspecified atom stereocenters. The number of rotatable bonds is 4. The summed E-state index contributed by atoms with van der Waals surface area (Å²) < 4.78 is 5.46. The highest BCUT2D eigenvalue weighted by molar-refractivity contribution is 5.29. The van der Waals surface area contributed by atoms with Gasteiger partial charge in [0, 0.05) is 13.5 Å². The van der Waals surface area contributed by atoms with Crippen LogP contribution in [0.4, 0.5) is 0 Å². The van der Waals surface area contributed by atoms with E-state index in [1.807, 2.05) is 0 Å². The van der Waals surface area contributed by atoms with Crippen LogP contribution in [0.15, 0.2) is 18.2 Å². The minimum atomic E-state index is -0.476. The van der Waals surface area contributed by atoms with Crippen molar-refractivity contribution >= 4 is 0 Å². The SMILES string of the molecule is COC(C(O)Cc1cc(C)cc(C)c1)C(C)(C)C. The molecule has 1 N–H and O–H groups in total. The Bertz CT molecular complexity index is 370. The van der Waals surface area contributed by atoms with Gasteiger partial charge in [-0.1, -0.05) is 50.1 Å². The maximum Gasteiger partial charge on any atom is 0.0881 e. The van der Waals surface area contributed by atoms with Crippen LogP contribution in [-0.2, 0) is 11.2 Å². The smallest absolute Gasteiger partial charge is 0.0881 e. The Labute approximate surface area is 111 Å². The minimum absolute atomic E-state index is 0.0625. The molecule has 0 aromatic heterocycles. The van der Waals surface area contributed by atoms with Crippen molar-refractivity contribution in [2.75, 3.05) is 7.11 Å². The maximum absolute atomic E-state index is 10.4. The number of aryl methyl sites for hydroxylation is 2. The summed E-state index contributed by atoms with van der Waals surface area (Å²) in [4.78, 5) is 0. The number of aliphatic hydroxyl groups is 1. The lowest BCUT2D eigenvalue weighted by atomic mass is 9.83. The lowest BCUT2D eigenvalue weighted by Gasteiger charge is -2.33. The predicted octanol–water partition coefficient (Wildman–Crippen LogP) is 3.27. The van der Waals surface area contributed by atoms with Gasteiger partial charge in [0.15, 0.2) is 0 Å². The first-order chi connectivity index (χ1) is 8.24. The molecule has 0 fully saturated rings. The molecule has 0 saturated heterocycles. The Kier molecular flexibility index (Phi) is 4.94. The van der Waals surface area contributed by atoms with Crippen molar-refractivity contribution in [3.05, 3.63) is 34.9 Å². The normalized spacial score (nSPS) is 15.5. The lowest BCUT2D eigenvalue weighted by Crippen LogP contribution is -2.40. The Morgan fingerprint density at radius 2 is 1.61 bits per heavy atom. The molecule has 1 aromatic rings. The van der Waals surface area contributed by atoms with Crippen molar-refractivity contribution < 1.29 is 9.84 Å². The van der Waals surface area contributed by atoms with Gasteiger partial charge in [-0.05, 0) is 24.8 Å². The van der Waals surface area contributed by atoms with E-state index in [0.29, 0.717) is 6.42 Å². The van der Waals surface area contributed by atoms with E-state index < -0.39 is 6.10 Å². The molecule has 2 heteroatoms. The summed E-state index contributed by atoms with van der Waals surface area (Å²) in [5.41, 5.74) is 3.59. The van der Waals surface area contributed by atoms with Crippen molar-refractivity contribution in [1.29, 1.82) is 0 Å². The van der Waals surface area contributed by atoms with E-state index in [9.17, 15) is 5.11 Å². The molecule has 0 aliphatic carbocycles. The Hall–Kier alpha value is -0.860. The summed E-state index contributed by atoms with van der Waals surface area (Å²) in [5, 5.41) is 10.4. The Morgan fingerprint density at radius 1 is 1.11 bits per heavy atom. The summed E-state index contributed by atoms with van der Waals surface area (Å²) in [5.74, 6) is 0. The monoisotopic (exact) mass is 250 g/mol. The third-order valence-electron chi connectivity index (χ3n) is 3.18. The third-order valence-corrected chi connectivity index (χ3v) is 3.18. The molecule has 0 amide bonds. The molecule has 0 aliphatic heterocycles. The number of aliphatic hydroxyl groups excluding tert-OH is 1. The van der Waals surface area contributed by atoms with E-state index in [1.165, 1.54) is 16.7 Å². The van der Waals surface area contributed by atoms with Crippen LogP contribution in [0.25, 0.3) is 0 Å². The molecular weight excluding hydrogens is 224 g/mol. The quantitative estimate of drug-likeness (QED) is 0.888. The number of benzene rings is 1. The maximum atomic E-state index is 10.4. The van der Waals surface area contributed by atoms with E-state index in [0.717, 1.165) is 0 Å². The van der Waals surface area contributed by atoms with Crippen LogP contribution in [-0.4, -0.2) is 24.4 Å². The van der Waals surface area contributed by atoms with E-state index >= 15 is 0 Å². The van der Waals surface area contributed by atoms with Gasteiger partial charge in [0.25, 0.3) is 0 Å². The standard InChI is InChI=1S/C16H26O2/c1-11-7-12(2)9-13(8-11)10-14(17)15(18-6)16(3,4)5/h7-9,14-15,17H,10H2,1-6H3.